The van der Waals surface area contributed by atoms with E-state index in [0.29, 0.717) is 5.69 Å². The first kappa shape index (κ1) is 24.5. The van der Waals surface area contributed by atoms with Crippen molar-refractivity contribution in [2.45, 2.75) is 32.4 Å². The largest absolute Gasteiger partial charge is 0.416 e. The van der Waals surface area contributed by atoms with E-state index in [0.717, 1.165) is 16.8 Å². The second-order valence-corrected chi connectivity index (χ2v) is 8.42. The van der Waals surface area contributed by atoms with Crippen LogP contribution < -0.4 is 5.73 Å². The molecular formula is C19H14Cl3F3N6. The van der Waals surface area contributed by atoms with Crippen LogP contribution >= 0.6 is 34.8 Å². The van der Waals surface area contributed by atoms with Crippen molar-refractivity contribution in [1.29, 1.82) is 10.5 Å². The number of benzene rings is 1. The van der Waals surface area contributed by atoms with Crippen molar-refractivity contribution in [2.75, 3.05) is 0 Å². The lowest BCUT2D eigenvalue weighted by Crippen LogP contribution is -2.15. The minimum Gasteiger partial charge on any atom is -0.388 e. The van der Waals surface area contributed by atoms with Gasteiger partial charge in [-0.15, -0.1) is 0 Å². The van der Waals surface area contributed by atoms with Crippen LogP contribution in [0.2, 0.25) is 15.2 Å². The van der Waals surface area contributed by atoms with Gasteiger partial charge in [-0.3, -0.25) is 0 Å². The van der Waals surface area contributed by atoms with Crippen LogP contribution in [0.3, 0.4) is 0 Å². The summed E-state index contributed by atoms with van der Waals surface area (Å²) in [6, 6.07) is 4.74. The van der Waals surface area contributed by atoms with Gasteiger partial charge in [0.2, 0.25) is 0 Å². The molecule has 0 unspecified atom stereocenters. The molecule has 0 aliphatic rings. The number of alkyl halides is 3. The molecule has 0 saturated heterocycles. The molecule has 0 amide bonds. The lowest BCUT2D eigenvalue weighted by atomic mass is 9.90. The van der Waals surface area contributed by atoms with Gasteiger partial charge in [-0.1, -0.05) is 55.6 Å². The molecule has 2 aromatic rings. The minimum absolute atomic E-state index is 0.0564. The van der Waals surface area contributed by atoms with E-state index in [4.69, 9.17) is 51.1 Å². The van der Waals surface area contributed by atoms with Crippen molar-refractivity contribution < 1.29 is 13.2 Å². The van der Waals surface area contributed by atoms with E-state index >= 15 is 0 Å². The van der Waals surface area contributed by atoms with Crippen molar-refractivity contribution in [3.05, 3.63) is 55.5 Å². The first-order valence-corrected chi connectivity index (χ1v) is 9.55. The number of allylic oxidation sites excluding steroid dienone is 2. The van der Waals surface area contributed by atoms with Crippen LogP contribution in [-0.4, -0.2) is 16.0 Å². The first-order chi connectivity index (χ1) is 14.2. The number of nitrogens with two attached hydrogens (primary N) is 1. The zero-order valence-corrected chi connectivity index (χ0v) is 18.6. The Morgan fingerprint density at radius 2 is 1.68 bits per heavy atom. The molecule has 0 fully saturated rings. The van der Waals surface area contributed by atoms with Gasteiger partial charge in [-0.05, 0) is 12.1 Å². The number of hydrogen-bond donors (Lipinski definition) is 1. The maximum absolute atomic E-state index is 13.0. The molecule has 0 radical (unpaired) electrons. The predicted octanol–water partition coefficient (Wildman–Crippen LogP) is 5.79. The van der Waals surface area contributed by atoms with E-state index in [2.05, 4.69) is 10.1 Å². The molecule has 1 heterocycles. The van der Waals surface area contributed by atoms with Gasteiger partial charge < -0.3 is 5.73 Å². The highest BCUT2D eigenvalue weighted by atomic mass is 35.5. The summed E-state index contributed by atoms with van der Waals surface area (Å²) < 4.78 is 40.2. The Morgan fingerprint density at radius 1 is 1.13 bits per heavy atom. The number of rotatable bonds is 3. The van der Waals surface area contributed by atoms with E-state index in [9.17, 15) is 13.2 Å². The molecule has 31 heavy (non-hydrogen) atoms. The molecule has 0 atom stereocenters. The molecule has 0 spiro atoms. The van der Waals surface area contributed by atoms with E-state index in [1.54, 1.807) is 12.1 Å². The third-order valence-corrected chi connectivity index (χ3v) is 4.87. The smallest absolute Gasteiger partial charge is 0.388 e. The average Bonchev–Trinajstić information content (AvgIpc) is 2.97. The lowest BCUT2D eigenvalue weighted by Gasteiger charge is -2.16. The summed E-state index contributed by atoms with van der Waals surface area (Å²) in [7, 11) is 0. The van der Waals surface area contributed by atoms with Gasteiger partial charge in [-0.2, -0.15) is 28.8 Å². The molecule has 0 saturated carbocycles. The quantitative estimate of drug-likeness (QED) is 0.435. The fraction of sp³-hybridized carbons (Fsp3) is 0.263. The monoisotopic (exact) mass is 488 g/mol. The molecular weight excluding hydrogens is 476 g/mol. The fourth-order valence-corrected chi connectivity index (χ4v) is 3.41. The Kier molecular flexibility index (Phi) is 6.97. The summed E-state index contributed by atoms with van der Waals surface area (Å²) in [4.78, 5) is 3.91. The van der Waals surface area contributed by atoms with Gasteiger partial charge in [0.25, 0.3) is 0 Å². The normalized spacial score (nSPS) is 13.1. The second-order valence-electron chi connectivity index (χ2n) is 7.25. The zero-order chi connectivity index (χ0) is 23.7. The van der Waals surface area contributed by atoms with E-state index in [-0.39, 0.29) is 32.1 Å². The van der Waals surface area contributed by atoms with Gasteiger partial charge in [-0.25, -0.2) is 9.67 Å². The molecule has 12 heteroatoms. The van der Waals surface area contributed by atoms with Crippen molar-refractivity contribution in [2.24, 2.45) is 10.7 Å². The summed E-state index contributed by atoms with van der Waals surface area (Å²) in [5.41, 5.74) is 3.67. The number of nitriles is 2. The molecule has 2 N–H and O–H groups in total. The highest BCUT2D eigenvalue weighted by Gasteiger charge is 2.33. The topological polar surface area (TPSA) is 104 Å². The lowest BCUT2D eigenvalue weighted by molar-refractivity contribution is -0.137. The van der Waals surface area contributed by atoms with Crippen molar-refractivity contribution in [3.8, 4) is 17.8 Å². The Bertz CT molecular complexity index is 1150. The number of nitrogens with zero attached hydrogens (tertiary/aromatic N) is 5. The van der Waals surface area contributed by atoms with Crippen LogP contribution in [0.1, 0.15) is 37.6 Å². The third-order valence-electron chi connectivity index (χ3n) is 3.93. The summed E-state index contributed by atoms with van der Waals surface area (Å²) in [6.07, 6.45) is -3.45. The molecule has 0 aliphatic heterocycles. The van der Waals surface area contributed by atoms with Crippen LogP contribution in [0.5, 0.6) is 0 Å². The Labute approximate surface area is 190 Å². The summed E-state index contributed by atoms with van der Waals surface area (Å²) in [5.74, 6) is 0. The predicted molar refractivity (Wildman–Crippen MR) is 112 cm³/mol. The molecule has 162 valence electrons. The third kappa shape index (κ3) is 5.13. The first-order valence-electron chi connectivity index (χ1n) is 8.42. The van der Waals surface area contributed by atoms with Gasteiger partial charge >= 0.3 is 6.18 Å². The van der Waals surface area contributed by atoms with Crippen LogP contribution in [-0.2, 0) is 11.6 Å². The number of aliphatic imine (C=N–C) groups is 1. The maximum atomic E-state index is 13.0. The summed E-state index contributed by atoms with van der Waals surface area (Å²) in [5, 5.41) is 21.7. The number of halogens is 6. The molecule has 0 bridgehead atoms. The number of hydrogen-bond acceptors (Lipinski definition) is 5. The maximum Gasteiger partial charge on any atom is 0.416 e. The van der Waals surface area contributed by atoms with E-state index < -0.39 is 22.9 Å². The summed E-state index contributed by atoms with van der Waals surface area (Å²) >= 11 is 18.6. The zero-order valence-electron chi connectivity index (χ0n) is 16.3. The Balaban J connectivity index is 2.77. The van der Waals surface area contributed by atoms with Gasteiger partial charge in [0, 0.05) is 11.6 Å². The minimum atomic E-state index is -4.64. The molecule has 0 aliphatic carbocycles. The highest BCUT2D eigenvalue weighted by molar-refractivity contribution is 6.38. The number of aromatic nitrogens is 2. The van der Waals surface area contributed by atoms with Crippen LogP contribution in [0.15, 0.2) is 28.5 Å². The van der Waals surface area contributed by atoms with Crippen molar-refractivity contribution >= 4 is 41.0 Å². The van der Waals surface area contributed by atoms with Crippen LogP contribution in [0, 0.1) is 22.7 Å². The van der Waals surface area contributed by atoms with E-state index in [1.807, 2.05) is 20.8 Å². The Hall–Kier alpha value is -2.72. The van der Waals surface area contributed by atoms with Gasteiger partial charge in [0.1, 0.15) is 28.7 Å². The van der Waals surface area contributed by atoms with Crippen molar-refractivity contribution in [1.82, 2.24) is 9.78 Å². The molecule has 1 aromatic heterocycles. The van der Waals surface area contributed by atoms with Gasteiger partial charge in [0.15, 0.2) is 5.70 Å². The van der Waals surface area contributed by atoms with Crippen LogP contribution in [0.25, 0.3) is 5.69 Å². The molecule has 2 rings (SSSR count). The summed E-state index contributed by atoms with van der Waals surface area (Å²) in [6.45, 7) is 5.44. The van der Waals surface area contributed by atoms with Gasteiger partial charge in [0.05, 0.1) is 26.9 Å². The van der Waals surface area contributed by atoms with Crippen LogP contribution in [0.4, 0.5) is 13.2 Å². The molecule has 6 nitrogen and oxygen atoms in total. The fourth-order valence-electron chi connectivity index (χ4n) is 2.50. The Morgan fingerprint density at radius 3 is 2.10 bits per heavy atom. The van der Waals surface area contributed by atoms with Crippen molar-refractivity contribution in [3.63, 3.8) is 0 Å². The standard InChI is InChI=1S/C19H14Cl3F3N6/c1-18(2,3)16-10(8-29-14(7-27)13(28)6-26)17(22)31(30-16)15-11(20)4-9(5-12(15)21)19(23,24)25/h4-5,8H,28H2,1-3H3/b14-13-,29-8?. The average molecular weight is 490 g/mol. The molecule has 1 aromatic carbocycles. The van der Waals surface area contributed by atoms with E-state index in [1.165, 1.54) is 6.21 Å². The SMILES string of the molecule is CC(C)(C)c1nn(-c2c(Cl)cc(C(F)(F)F)cc2Cl)c(Cl)c1C=N/C(C#N)=C(\N)C#N. The highest BCUT2D eigenvalue weighted by Crippen LogP contribution is 2.40. The second kappa shape index (κ2) is 8.80.